The Balaban J connectivity index is 1.98. The Hall–Kier alpha value is -2.01. The van der Waals surface area contributed by atoms with Crippen molar-refractivity contribution in [2.45, 2.75) is 32.9 Å². The Labute approximate surface area is 111 Å². The fourth-order valence-electron chi connectivity index (χ4n) is 1.82. The van der Waals surface area contributed by atoms with Crippen LogP contribution in [0.4, 0.5) is 0 Å². The molecule has 2 rings (SSSR count). The minimum absolute atomic E-state index is 0.0324. The lowest BCUT2D eigenvalue weighted by molar-refractivity contribution is 0.421. The van der Waals surface area contributed by atoms with Gasteiger partial charge >= 0.3 is 0 Å². The second kappa shape index (κ2) is 5.75. The van der Waals surface area contributed by atoms with Crippen LogP contribution in [0.25, 0.3) is 0 Å². The van der Waals surface area contributed by atoms with E-state index in [-0.39, 0.29) is 17.5 Å². The molecule has 0 aliphatic rings. The van der Waals surface area contributed by atoms with E-state index in [1.165, 1.54) is 6.07 Å². The van der Waals surface area contributed by atoms with E-state index in [1.54, 1.807) is 18.3 Å². The van der Waals surface area contributed by atoms with Crippen molar-refractivity contribution in [3.8, 4) is 11.5 Å². The van der Waals surface area contributed by atoms with E-state index < -0.39 is 0 Å². The minimum atomic E-state index is -0.0324. The van der Waals surface area contributed by atoms with Gasteiger partial charge in [-0.05, 0) is 24.6 Å². The first-order chi connectivity index (χ1) is 9.08. The quantitative estimate of drug-likeness (QED) is 0.771. The summed E-state index contributed by atoms with van der Waals surface area (Å²) in [5.41, 5.74) is 0.805. The van der Waals surface area contributed by atoms with E-state index in [0.717, 1.165) is 17.7 Å². The predicted molar refractivity (Wildman–Crippen MR) is 70.9 cm³/mol. The molecule has 0 saturated carbocycles. The Morgan fingerprint density at radius 2 is 1.95 bits per heavy atom. The van der Waals surface area contributed by atoms with E-state index in [0.29, 0.717) is 12.4 Å². The molecule has 0 saturated heterocycles. The highest BCUT2D eigenvalue weighted by atomic mass is 16.4. The molecule has 1 aromatic heterocycles. The molecule has 0 bridgehead atoms. The molecule has 2 aromatic rings. The van der Waals surface area contributed by atoms with E-state index in [4.69, 9.17) is 4.42 Å². The SMILES string of the molecule is CCc1cnc(CNC(C)c2cc(O)cc(O)c2)o1. The predicted octanol–water partition coefficient (Wildman–Crippen LogP) is 2.50. The zero-order chi connectivity index (χ0) is 13.8. The Morgan fingerprint density at radius 1 is 1.26 bits per heavy atom. The highest BCUT2D eigenvalue weighted by Crippen LogP contribution is 2.24. The summed E-state index contributed by atoms with van der Waals surface area (Å²) >= 11 is 0. The van der Waals surface area contributed by atoms with Crippen molar-refractivity contribution in [1.82, 2.24) is 10.3 Å². The third-order valence-corrected chi connectivity index (χ3v) is 2.93. The maximum atomic E-state index is 9.44. The number of hydrogen-bond acceptors (Lipinski definition) is 5. The Bertz CT molecular complexity index is 531. The van der Waals surface area contributed by atoms with Gasteiger partial charge in [0.05, 0.1) is 12.7 Å². The molecule has 1 unspecified atom stereocenters. The number of benzene rings is 1. The Kier molecular flexibility index (Phi) is 4.06. The van der Waals surface area contributed by atoms with Gasteiger partial charge in [0.15, 0.2) is 0 Å². The van der Waals surface area contributed by atoms with Gasteiger partial charge in [-0.15, -0.1) is 0 Å². The van der Waals surface area contributed by atoms with Crippen LogP contribution in [-0.2, 0) is 13.0 Å². The summed E-state index contributed by atoms with van der Waals surface area (Å²) in [7, 11) is 0. The number of hydrogen-bond donors (Lipinski definition) is 3. The van der Waals surface area contributed by atoms with Crippen molar-refractivity contribution in [3.05, 3.63) is 41.6 Å². The van der Waals surface area contributed by atoms with Crippen LogP contribution in [0.5, 0.6) is 11.5 Å². The molecule has 0 amide bonds. The lowest BCUT2D eigenvalue weighted by Gasteiger charge is -2.13. The zero-order valence-electron chi connectivity index (χ0n) is 11.1. The monoisotopic (exact) mass is 262 g/mol. The lowest BCUT2D eigenvalue weighted by Crippen LogP contribution is -2.18. The minimum Gasteiger partial charge on any atom is -0.508 e. The fourth-order valence-corrected chi connectivity index (χ4v) is 1.82. The van der Waals surface area contributed by atoms with Crippen molar-refractivity contribution in [2.24, 2.45) is 0 Å². The van der Waals surface area contributed by atoms with Crippen LogP contribution < -0.4 is 5.32 Å². The number of phenolic OH excluding ortho intramolecular Hbond substituents is 2. The highest BCUT2D eigenvalue weighted by molar-refractivity contribution is 5.37. The summed E-state index contributed by atoms with van der Waals surface area (Å²) < 4.78 is 5.49. The van der Waals surface area contributed by atoms with Crippen LogP contribution >= 0.6 is 0 Å². The maximum absolute atomic E-state index is 9.44. The van der Waals surface area contributed by atoms with Crippen LogP contribution in [0.3, 0.4) is 0 Å². The number of aromatic hydroxyl groups is 2. The molecule has 102 valence electrons. The van der Waals surface area contributed by atoms with Gasteiger partial charge in [-0.2, -0.15) is 0 Å². The van der Waals surface area contributed by atoms with Crippen molar-refractivity contribution in [3.63, 3.8) is 0 Å². The molecule has 0 spiro atoms. The molecule has 0 aliphatic carbocycles. The summed E-state index contributed by atoms with van der Waals surface area (Å²) in [5, 5.41) is 22.1. The normalized spacial score (nSPS) is 12.5. The molecule has 0 aliphatic heterocycles. The van der Waals surface area contributed by atoms with Crippen molar-refractivity contribution in [2.75, 3.05) is 0 Å². The molecule has 5 heteroatoms. The third kappa shape index (κ3) is 3.48. The molecule has 1 heterocycles. The number of rotatable bonds is 5. The fraction of sp³-hybridized carbons (Fsp3) is 0.357. The maximum Gasteiger partial charge on any atom is 0.208 e. The number of aryl methyl sites for hydroxylation is 1. The van der Waals surface area contributed by atoms with Crippen molar-refractivity contribution >= 4 is 0 Å². The number of nitrogens with one attached hydrogen (secondary N) is 1. The zero-order valence-corrected chi connectivity index (χ0v) is 11.1. The van der Waals surface area contributed by atoms with Gasteiger partial charge in [0.25, 0.3) is 0 Å². The summed E-state index contributed by atoms with van der Waals surface area (Å²) in [5.74, 6) is 1.59. The van der Waals surface area contributed by atoms with Gasteiger partial charge in [0, 0.05) is 18.5 Å². The molecule has 0 fully saturated rings. The summed E-state index contributed by atoms with van der Waals surface area (Å²) in [6.45, 7) is 4.45. The summed E-state index contributed by atoms with van der Waals surface area (Å²) in [6, 6.07) is 4.50. The lowest BCUT2D eigenvalue weighted by atomic mass is 10.1. The summed E-state index contributed by atoms with van der Waals surface area (Å²) in [6.07, 6.45) is 2.55. The van der Waals surface area contributed by atoms with Crippen LogP contribution in [0.2, 0.25) is 0 Å². The van der Waals surface area contributed by atoms with Crippen molar-refractivity contribution < 1.29 is 14.6 Å². The highest BCUT2D eigenvalue weighted by Gasteiger charge is 2.09. The number of phenols is 2. The standard InChI is InChI=1S/C14H18N2O3/c1-3-13-7-16-14(19-13)8-15-9(2)10-4-11(17)6-12(18)5-10/h4-7,9,15,17-18H,3,8H2,1-2H3. The van der Waals surface area contributed by atoms with Gasteiger partial charge in [0.2, 0.25) is 5.89 Å². The van der Waals surface area contributed by atoms with Crippen LogP contribution in [0.1, 0.15) is 37.1 Å². The number of oxazole rings is 1. The topological polar surface area (TPSA) is 78.5 Å². The average Bonchev–Trinajstić information content (AvgIpc) is 2.82. The average molecular weight is 262 g/mol. The second-order valence-electron chi connectivity index (χ2n) is 4.46. The van der Waals surface area contributed by atoms with Crippen LogP contribution in [-0.4, -0.2) is 15.2 Å². The smallest absolute Gasteiger partial charge is 0.208 e. The van der Waals surface area contributed by atoms with Crippen molar-refractivity contribution in [1.29, 1.82) is 0 Å². The molecule has 0 radical (unpaired) electrons. The largest absolute Gasteiger partial charge is 0.508 e. The molecule has 19 heavy (non-hydrogen) atoms. The molecule has 1 aromatic carbocycles. The summed E-state index contributed by atoms with van der Waals surface area (Å²) in [4.78, 5) is 4.16. The third-order valence-electron chi connectivity index (χ3n) is 2.93. The van der Waals surface area contributed by atoms with Gasteiger partial charge in [-0.3, -0.25) is 0 Å². The van der Waals surface area contributed by atoms with E-state index in [9.17, 15) is 10.2 Å². The van der Waals surface area contributed by atoms with E-state index >= 15 is 0 Å². The van der Waals surface area contributed by atoms with Crippen LogP contribution in [0, 0.1) is 0 Å². The van der Waals surface area contributed by atoms with Gasteiger partial charge in [-0.25, -0.2) is 4.98 Å². The van der Waals surface area contributed by atoms with Gasteiger partial charge < -0.3 is 19.9 Å². The second-order valence-corrected chi connectivity index (χ2v) is 4.46. The molecular weight excluding hydrogens is 244 g/mol. The number of nitrogens with zero attached hydrogens (tertiary/aromatic N) is 1. The van der Waals surface area contributed by atoms with Crippen LogP contribution in [0.15, 0.2) is 28.8 Å². The Morgan fingerprint density at radius 3 is 2.53 bits per heavy atom. The van der Waals surface area contributed by atoms with E-state index in [1.807, 2.05) is 13.8 Å². The van der Waals surface area contributed by atoms with Gasteiger partial charge in [0.1, 0.15) is 17.3 Å². The molecular formula is C14H18N2O3. The van der Waals surface area contributed by atoms with E-state index in [2.05, 4.69) is 10.3 Å². The first-order valence-corrected chi connectivity index (χ1v) is 6.28. The van der Waals surface area contributed by atoms with Gasteiger partial charge in [-0.1, -0.05) is 6.92 Å². The molecule has 1 atom stereocenters. The molecule has 3 N–H and O–H groups in total. The number of aromatic nitrogens is 1. The first kappa shape index (κ1) is 13.4. The first-order valence-electron chi connectivity index (χ1n) is 6.28. The molecule has 5 nitrogen and oxygen atoms in total.